The zero-order chi connectivity index (χ0) is 22.1. The lowest BCUT2D eigenvalue weighted by molar-refractivity contribution is -0.137. The van der Waals surface area contributed by atoms with Crippen molar-refractivity contribution in [3.05, 3.63) is 64.2 Å². The number of hydrogen-bond acceptors (Lipinski definition) is 4. The maximum absolute atomic E-state index is 12.8. The number of anilines is 2. The average Bonchev–Trinajstić information content (AvgIpc) is 3.05. The number of halogens is 3. The van der Waals surface area contributed by atoms with E-state index < -0.39 is 17.6 Å². The van der Waals surface area contributed by atoms with Gasteiger partial charge in [0.1, 0.15) is 9.88 Å². The highest BCUT2D eigenvalue weighted by Crippen LogP contribution is 2.33. The van der Waals surface area contributed by atoms with Crippen LogP contribution in [0.4, 0.5) is 24.5 Å². The number of aryl methyl sites for hydroxylation is 2. The number of amides is 2. The highest BCUT2D eigenvalue weighted by molar-refractivity contribution is 7.17. The molecule has 1 heterocycles. The highest BCUT2D eigenvalue weighted by Gasteiger charge is 2.30. The Labute approximate surface area is 175 Å². The van der Waals surface area contributed by atoms with Gasteiger partial charge in [0.05, 0.1) is 22.6 Å². The van der Waals surface area contributed by atoms with E-state index >= 15 is 0 Å². The molecule has 5 nitrogen and oxygen atoms in total. The smallest absolute Gasteiger partial charge is 0.325 e. The van der Waals surface area contributed by atoms with Gasteiger partial charge in [-0.3, -0.25) is 9.59 Å². The molecule has 0 radical (unpaired) electrons. The number of carbonyl (C=O) groups excluding carboxylic acids is 2. The Morgan fingerprint density at radius 1 is 0.967 bits per heavy atom. The molecule has 2 N–H and O–H groups in total. The lowest BCUT2D eigenvalue weighted by Gasteiger charge is -2.12. The Balaban J connectivity index is 1.86. The number of nitrogens with one attached hydrogen (secondary N) is 2. The summed E-state index contributed by atoms with van der Waals surface area (Å²) in [6.07, 6.45) is -4.41. The molecule has 1 aromatic heterocycles. The van der Waals surface area contributed by atoms with Crippen LogP contribution in [0.5, 0.6) is 0 Å². The molecule has 0 aliphatic rings. The number of hydrogen-bond donors (Lipinski definition) is 2. The third kappa shape index (κ3) is 4.85. The van der Waals surface area contributed by atoms with Gasteiger partial charge in [0.15, 0.2) is 0 Å². The lowest BCUT2D eigenvalue weighted by Crippen LogP contribution is -2.15. The van der Waals surface area contributed by atoms with Crippen molar-refractivity contribution in [2.45, 2.75) is 26.9 Å². The molecule has 0 unspecified atom stereocenters. The Bertz CT molecular complexity index is 1110. The van der Waals surface area contributed by atoms with Gasteiger partial charge in [-0.25, -0.2) is 4.98 Å². The molecule has 0 atom stereocenters. The number of alkyl halides is 3. The lowest BCUT2D eigenvalue weighted by atomic mass is 10.1. The van der Waals surface area contributed by atoms with Crippen LogP contribution in [0.15, 0.2) is 42.5 Å². The first-order valence-electron chi connectivity index (χ1n) is 8.89. The van der Waals surface area contributed by atoms with E-state index in [1.54, 1.807) is 19.1 Å². The second-order valence-corrected chi connectivity index (χ2v) is 7.69. The van der Waals surface area contributed by atoms with Gasteiger partial charge in [-0.05, 0) is 43.7 Å². The summed E-state index contributed by atoms with van der Waals surface area (Å²) in [5.74, 6) is -0.687. The predicted octanol–water partition coefficient (Wildman–Crippen LogP) is 5.66. The number of thiazole rings is 1. The first kappa shape index (κ1) is 21.5. The molecule has 30 heavy (non-hydrogen) atoms. The normalized spacial score (nSPS) is 11.3. The van der Waals surface area contributed by atoms with Crippen molar-refractivity contribution in [3.63, 3.8) is 0 Å². The van der Waals surface area contributed by atoms with Crippen molar-refractivity contribution in [3.8, 4) is 10.6 Å². The SMILES string of the molecule is CC(=O)Nc1ccc(C)cc1NC(=O)c1sc(-c2ccc(C(F)(F)F)cc2)nc1C. The number of aromatic nitrogens is 1. The van der Waals surface area contributed by atoms with Crippen LogP contribution >= 0.6 is 11.3 Å². The molecule has 0 aliphatic heterocycles. The molecule has 0 aliphatic carbocycles. The van der Waals surface area contributed by atoms with E-state index in [0.29, 0.717) is 32.5 Å². The first-order chi connectivity index (χ1) is 14.0. The summed E-state index contributed by atoms with van der Waals surface area (Å²) in [5, 5.41) is 5.88. The minimum Gasteiger partial charge on any atom is -0.325 e. The fourth-order valence-electron chi connectivity index (χ4n) is 2.77. The number of benzene rings is 2. The van der Waals surface area contributed by atoms with Crippen LogP contribution in [-0.2, 0) is 11.0 Å². The van der Waals surface area contributed by atoms with Crippen molar-refractivity contribution in [2.24, 2.45) is 0 Å². The first-order valence-corrected chi connectivity index (χ1v) is 9.71. The van der Waals surface area contributed by atoms with Crippen molar-refractivity contribution in [2.75, 3.05) is 10.6 Å². The molecule has 0 spiro atoms. The maximum Gasteiger partial charge on any atom is 0.416 e. The molecule has 0 saturated carbocycles. The largest absolute Gasteiger partial charge is 0.416 e. The van der Waals surface area contributed by atoms with Crippen LogP contribution in [0.3, 0.4) is 0 Å². The quantitative estimate of drug-likeness (QED) is 0.558. The fraction of sp³-hybridized carbons (Fsp3) is 0.190. The van der Waals surface area contributed by atoms with E-state index in [1.807, 2.05) is 13.0 Å². The Morgan fingerprint density at radius 2 is 1.63 bits per heavy atom. The van der Waals surface area contributed by atoms with E-state index in [4.69, 9.17) is 0 Å². The summed E-state index contributed by atoms with van der Waals surface area (Å²) in [7, 11) is 0. The van der Waals surface area contributed by atoms with Crippen LogP contribution in [-0.4, -0.2) is 16.8 Å². The Hall–Kier alpha value is -3.20. The van der Waals surface area contributed by atoms with Gasteiger partial charge in [0.2, 0.25) is 5.91 Å². The molecule has 9 heteroatoms. The van der Waals surface area contributed by atoms with Gasteiger partial charge in [-0.2, -0.15) is 13.2 Å². The molecular formula is C21H18F3N3O2S. The number of nitrogens with zero attached hydrogens (tertiary/aromatic N) is 1. The van der Waals surface area contributed by atoms with Gasteiger partial charge in [0, 0.05) is 12.5 Å². The minimum atomic E-state index is -4.41. The predicted molar refractivity (Wildman–Crippen MR) is 111 cm³/mol. The Kier molecular flexibility index (Phi) is 5.93. The third-order valence-electron chi connectivity index (χ3n) is 4.20. The van der Waals surface area contributed by atoms with E-state index in [2.05, 4.69) is 15.6 Å². The monoisotopic (exact) mass is 433 g/mol. The van der Waals surface area contributed by atoms with Gasteiger partial charge in [0.25, 0.3) is 5.91 Å². The molecule has 2 amide bonds. The topological polar surface area (TPSA) is 71.1 Å². The number of carbonyl (C=O) groups is 2. The van der Waals surface area contributed by atoms with Crippen LogP contribution in [0.2, 0.25) is 0 Å². The van der Waals surface area contributed by atoms with Crippen LogP contribution in [0.25, 0.3) is 10.6 Å². The fourth-order valence-corrected chi connectivity index (χ4v) is 3.74. The second-order valence-electron chi connectivity index (χ2n) is 6.69. The van der Waals surface area contributed by atoms with Gasteiger partial charge in [-0.1, -0.05) is 18.2 Å². The molecule has 3 rings (SSSR count). The van der Waals surface area contributed by atoms with Gasteiger partial charge in [-0.15, -0.1) is 11.3 Å². The highest BCUT2D eigenvalue weighted by atomic mass is 32.1. The van der Waals surface area contributed by atoms with E-state index in [-0.39, 0.29) is 5.91 Å². The average molecular weight is 433 g/mol. The van der Waals surface area contributed by atoms with Crippen molar-refractivity contribution in [1.29, 1.82) is 0 Å². The van der Waals surface area contributed by atoms with Crippen molar-refractivity contribution in [1.82, 2.24) is 4.98 Å². The summed E-state index contributed by atoms with van der Waals surface area (Å²) in [6.45, 7) is 4.88. The molecule has 0 bridgehead atoms. The van der Waals surface area contributed by atoms with Crippen LogP contribution in [0.1, 0.15) is 33.4 Å². The molecular weight excluding hydrogens is 415 g/mol. The van der Waals surface area contributed by atoms with Crippen LogP contribution < -0.4 is 10.6 Å². The summed E-state index contributed by atoms with van der Waals surface area (Å²) >= 11 is 1.09. The molecule has 0 saturated heterocycles. The molecule has 2 aromatic carbocycles. The van der Waals surface area contributed by atoms with E-state index in [0.717, 1.165) is 29.0 Å². The second kappa shape index (κ2) is 8.27. The number of rotatable bonds is 4. The van der Waals surface area contributed by atoms with Crippen molar-refractivity contribution >= 4 is 34.5 Å². The standard InChI is InChI=1S/C21H18F3N3O2S/c1-11-4-9-16(26-13(3)28)17(10-11)27-19(29)18-12(2)25-20(30-18)14-5-7-15(8-6-14)21(22,23)24/h4-10H,1-3H3,(H,26,28)(H,27,29). The summed E-state index contributed by atoms with van der Waals surface area (Å²) in [6, 6.07) is 9.87. The van der Waals surface area contributed by atoms with Crippen LogP contribution in [0, 0.1) is 13.8 Å². The van der Waals surface area contributed by atoms with Gasteiger partial charge < -0.3 is 10.6 Å². The van der Waals surface area contributed by atoms with E-state index in [1.165, 1.54) is 19.1 Å². The summed E-state index contributed by atoms with van der Waals surface area (Å²) < 4.78 is 38.3. The molecule has 3 aromatic rings. The maximum atomic E-state index is 12.8. The van der Waals surface area contributed by atoms with Crippen molar-refractivity contribution < 1.29 is 22.8 Å². The zero-order valence-electron chi connectivity index (χ0n) is 16.3. The summed E-state index contributed by atoms with van der Waals surface area (Å²) in [5.41, 5.74) is 2.00. The zero-order valence-corrected chi connectivity index (χ0v) is 17.2. The minimum absolute atomic E-state index is 0.270. The van der Waals surface area contributed by atoms with Gasteiger partial charge >= 0.3 is 6.18 Å². The third-order valence-corrected chi connectivity index (χ3v) is 5.40. The van der Waals surface area contributed by atoms with E-state index in [9.17, 15) is 22.8 Å². The molecule has 156 valence electrons. The Morgan fingerprint density at radius 3 is 2.23 bits per heavy atom. The molecule has 0 fully saturated rings. The summed E-state index contributed by atoms with van der Waals surface area (Å²) in [4.78, 5) is 28.9.